The van der Waals surface area contributed by atoms with Gasteiger partial charge in [-0.1, -0.05) is 91.6 Å². The predicted octanol–water partition coefficient (Wildman–Crippen LogP) is 6.26. The molecule has 0 saturated heterocycles. The Morgan fingerprint density at radius 3 is 1.26 bits per heavy atom. The normalized spacial score (nSPS) is 16.1. The Hall–Kier alpha value is -1.89. The molecule has 0 aromatic heterocycles. The Bertz CT molecular complexity index is 563. The molecule has 3 N–H and O–H groups in total. The Morgan fingerprint density at radius 2 is 0.941 bits per heavy atom. The van der Waals surface area contributed by atoms with Gasteiger partial charge in [-0.25, -0.2) is 14.4 Å². The number of carboxylic acids is 3. The van der Waals surface area contributed by atoms with Crippen LogP contribution in [0.4, 0.5) is 0 Å². The van der Waals surface area contributed by atoms with Crippen molar-refractivity contribution in [3.8, 4) is 0 Å². The van der Waals surface area contributed by atoms with E-state index >= 15 is 0 Å². The monoisotopic (exact) mass is 484 g/mol. The molecular formula is C27H50NO6+. The molecule has 0 spiro atoms. The second kappa shape index (κ2) is 18.4. The topological polar surface area (TPSA) is 112 Å². The molecule has 0 aliphatic rings. The highest BCUT2D eigenvalue weighted by atomic mass is 16.4. The van der Waals surface area contributed by atoms with E-state index in [1.165, 1.54) is 51.4 Å². The number of quaternary nitrogens is 1. The summed E-state index contributed by atoms with van der Waals surface area (Å²) in [4.78, 5) is 36.5. The first-order valence-electron chi connectivity index (χ1n) is 13.4. The van der Waals surface area contributed by atoms with Gasteiger partial charge in [0, 0.05) is 19.3 Å². The van der Waals surface area contributed by atoms with E-state index in [1.807, 2.05) is 12.2 Å². The number of rotatable bonds is 22. The third-order valence-corrected chi connectivity index (χ3v) is 7.07. The van der Waals surface area contributed by atoms with Crippen molar-refractivity contribution < 1.29 is 34.2 Å². The van der Waals surface area contributed by atoms with Crippen molar-refractivity contribution in [1.29, 1.82) is 0 Å². The molecule has 0 aliphatic carbocycles. The van der Waals surface area contributed by atoms with Gasteiger partial charge >= 0.3 is 17.9 Å². The molecular weight excluding hydrogens is 434 g/mol. The maximum Gasteiger partial charge on any atom is 0.362 e. The molecule has 0 amide bonds. The van der Waals surface area contributed by atoms with E-state index < -0.39 is 40.5 Å². The maximum absolute atomic E-state index is 12.2. The average Bonchev–Trinajstić information content (AvgIpc) is 2.77. The number of nitrogens with zero attached hydrogens (tertiary/aromatic N) is 1. The van der Waals surface area contributed by atoms with E-state index in [-0.39, 0.29) is 25.8 Å². The molecule has 7 nitrogen and oxygen atoms in total. The number of allylic oxidation sites excluding steroid dienone is 1. The molecule has 0 bridgehead atoms. The van der Waals surface area contributed by atoms with Crippen molar-refractivity contribution in [2.24, 2.45) is 0 Å². The first kappa shape index (κ1) is 32.1. The van der Waals surface area contributed by atoms with Gasteiger partial charge in [-0.3, -0.25) is 4.48 Å². The predicted molar refractivity (Wildman–Crippen MR) is 136 cm³/mol. The Kier molecular flexibility index (Phi) is 17.4. The van der Waals surface area contributed by atoms with Crippen LogP contribution in [0.1, 0.15) is 118 Å². The largest absolute Gasteiger partial charge is 0.477 e. The first-order chi connectivity index (χ1) is 16.2. The second-order valence-electron chi connectivity index (χ2n) is 9.41. The summed E-state index contributed by atoms with van der Waals surface area (Å²) in [6.07, 6.45) is 17.6. The number of unbranched alkanes of at least 4 members (excludes halogenated alkanes) is 10. The zero-order valence-electron chi connectivity index (χ0n) is 22.0. The Labute approximate surface area is 206 Å². The van der Waals surface area contributed by atoms with Gasteiger partial charge in [0.1, 0.15) is 0 Å². The SMILES string of the molecule is CCCCCCCCCCCC/C=C/C[N+](C(CC)C(=O)O)(C(CC)C(=O)O)C(CC)C(=O)O. The Morgan fingerprint density at radius 1 is 0.588 bits per heavy atom. The lowest BCUT2D eigenvalue weighted by Crippen LogP contribution is -2.72. The highest BCUT2D eigenvalue weighted by molar-refractivity contribution is 5.78. The van der Waals surface area contributed by atoms with E-state index in [1.54, 1.807) is 20.8 Å². The van der Waals surface area contributed by atoms with Crippen molar-refractivity contribution >= 4 is 17.9 Å². The molecule has 198 valence electrons. The van der Waals surface area contributed by atoms with Crippen molar-refractivity contribution in [2.75, 3.05) is 6.54 Å². The third kappa shape index (κ3) is 10.2. The molecule has 0 rings (SSSR count). The van der Waals surface area contributed by atoms with Crippen LogP contribution >= 0.6 is 0 Å². The summed E-state index contributed by atoms with van der Waals surface area (Å²) in [5, 5.41) is 29.8. The summed E-state index contributed by atoms with van der Waals surface area (Å²) < 4.78 is -0.488. The van der Waals surface area contributed by atoms with E-state index in [9.17, 15) is 29.7 Å². The zero-order valence-corrected chi connectivity index (χ0v) is 22.0. The van der Waals surface area contributed by atoms with Gasteiger partial charge in [0.05, 0.1) is 6.54 Å². The summed E-state index contributed by atoms with van der Waals surface area (Å²) in [6.45, 7) is 7.36. The van der Waals surface area contributed by atoms with Crippen LogP contribution in [0.15, 0.2) is 12.2 Å². The van der Waals surface area contributed by atoms with Gasteiger partial charge < -0.3 is 15.3 Å². The lowest BCUT2D eigenvalue weighted by molar-refractivity contribution is -0.968. The van der Waals surface area contributed by atoms with Crippen LogP contribution in [0.3, 0.4) is 0 Å². The lowest BCUT2D eigenvalue weighted by Gasteiger charge is -2.49. The molecule has 0 fully saturated rings. The summed E-state index contributed by atoms with van der Waals surface area (Å²) in [5.41, 5.74) is 0. The fraction of sp³-hybridized carbons (Fsp3) is 0.815. The third-order valence-electron chi connectivity index (χ3n) is 7.07. The zero-order chi connectivity index (χ0) is 26.0. The van der Waals surface area contributed by atoms with E-state index in [0.717, 1.165) is 19.3 Å². The van der Waals surface area contributed by atoms with Crippen LogP contribution in [-0.4, -0.2) is 62.4 Å². The van der Waals surface area contributed by atoms with Crippen LogP contribution in [0, 0.1) is 0 Å². The second-order valence-corrected chi connectivity index (χ2v) is 9.41. The molecule has 3 atom stereocenters. The lowest BCUT2D eigenvalue weighted by atomic mass is 9.94. The maximum atomic E-state index is 12.2. The van der Waals surface area contributed by atoms with Crippen molar-refractivity contribution in [3.63, 3.8) is 0 Å². The van der Waals surface area contributed by atoms with Gasteiger partial charge in [-0.15, -0.1) is 0 Å². The molecule has 0 heterocycles. The quantitative estimate of drug-likeness (QED) is 0.0950. The number of carboxylic acid groups (broad SMARTS) is 3. The minimum atomic E-state index is -1.15. The summed E-state index contributed by atoms with van der Waals surface area (Å²) in [6, 6.07) is -3.32. The number of carbonyl (C=O) groups is 3. The summed E-state index contributed by atoms with van der Waals surface area (Å²) in [7, 11) is 0. The highest BCUT2D eigenvalue weighted by Crippen LogP contribution is 2.31. The van der Waals surface area contributed by atoms with Crippen LogP contribution in [0.5, 0.6) is 0 Å². The minimum absolute atomic E-state index is 0.0815. The summed E-state index contributed by atoms with van der Waals surface area (Å²) in [5.74, 6) is -3.44. The molecule has 0 aliphatic heterocycles. The van der Waals surface area contributed by atoms with Gasteiger partial charge in [0.15, 0.2) is 18.1 Å². The smallest absolute Gasteiger partial charge is 0.362 e. The van der Waals surface area contributed by atoms with Gasteiger partial charge in [-0.2, -0.15) is 0 Å². The van der Waals surface area contributed by atoms with Crippen molar-refractivity contribution in [2.45, 2.75) is 136 Å². The molecule has 0 aromatic carbocycles. The highest BCUT2D eigenvalue weighted by Gasteiger charge is 2.55. The van der Waals surface area contributed by atoms with Crippen LogP contribution in [-0.2, 0) is 14.4 Å². The number of hydrogen-bond acceptors (Lipinski definition) is 3. The van der Waals surface area contributed by atoms with Crippen molar-refractivity contribution in [3.05, 3.63) is 12.2 Å². The number of aliphatic carboxylic acids is 3. The first-order valence-corrected chi connectivity index (χ1v) is 13.4. The standard InChI is InChI=1S/C27H49NO6/c1-5-9-10-11-12-13-14-15-16-17-18-19-20-21-28(22(6-2)25(29)30,23(7-3)26(31)32)24(8-4)27(33)34/h19-20,22-24H,5-18,21H2,1-4H3,(H2-,29,30,31,32,33,34)/p+1/b20-19+. The number of hydrogen-bond donors (Lipinski definition) is 3. The van der Waals surface area contributed by atoms with Gasteiger partial charge in [0.2, 0.25) is 0 Å². The van der Waals surface area contributed by atoms with Crippen LogP contribution in [0.2, 0.25) is 0 Å². The van der Waals surface area contributed by atoms with Crippen LogP contribution < -0.4 is 0 Å². The van der Waals surface area contributed by atoms with Crippen LogP contribution in [0.25, 0.3) is 0 Å². The molecule has 0 saturated carbocycles. The van der Waals surface area contributed by atoms with E-state index in [4.69, 9.17) is 0 Å². The average molecular weight is 485 g/mol. The van der Waals surface area contributed by atoms with Gasteiger partial charge in [0.25, 0.3) is 0 Å². The molecule has 0 radical (unpaired) electrons. The Balaban J connectivity index is 5.20. The fourth-order valence-corrected chi connectivity index (χ4v) is 5.32. The molecule has 3 unspecified atom stereocenters. The van der Waals surface area contributed by atoms with Crippen molar-refractivity contribution in [1.82, 2.24) is 0 Å². The summed E-state index contributed by atoms with van der Waals surface area (Å²) >= 11 is 0. The minimum Gasteiger partial charge on any atom is -0.477 e. The molecule has 0 aromatic rings. The molecule has 7 heteroatoms. The van der Waals surface area contributed by atoms with E-state index in [0.29, 0.717) is 0 Å². The van der Waals surface area contributed by atoms with E-state index in [2.05, 4.69) is 6.92 Å². The fourth-order valence-electron chi connectivity index (χ4n) is 5.32. The molecule has 34 heavy (non-hydrogen) atoms. The van der Waals surface area contributed by atoms with Gasteiger partial charge in [-0.05, 0) is 18.9 Å².